The topological polar surface area (TPSA) is 64.1 Å². The minimum Gasteiger partial charge on any atom is -0.480 e. The van der Waals surface area contributed by atoms with Crippen molar-refractivity contribution in [1.29, 1.82) is 0 Å². The lowest BCUT2D eigenvalue weighted by Crippen LogP contribution is -2.25. The van der Waals surface area contributed by atoms with Crippen molar-refractivity contribution >= 4 is 45.0 Å². The third-order valence-corrected chi connectivity index (χ3v) is 3.92. The highest BCUT2D eigenvalue weighted by Gasteiger charge is 2.20. The van der Waals surface area contributed by atoms with Gasteiger partial charge in [0.1, 0.15) is 5.56 Å². The van der Waals surface area contributed by atoms with Gasteiger partial charge in [-0.25, -0.2) is 4.98 Å². The van der Waals surface area contributed by atoms with Crippen LogP contribution in [-0.4, -0.2) is 23.0 Å². The molecule has 0 fully saturated rings. The molecule has 0 bridgehead atoms. The van der Waals surface area contributed by atoms with Crippen LogP contribution in [0.2, 0.25) is 5.28 Å². The summed E-state index contributed by atoms with van der Waals surface area (Å²) < 4.78 is 5.86. The molecule has 2 rings (SSSR count). The molecule has 0 aromatic carbocycles. The number of rotatable bonds is 3. The number of ether oxygens (including phenoxy) is 1. The Hall–Kier alpha value is -1.11. The van der Waals surface area contributed by atoms with Gasteiger partial charge < -0.3 is 10.1 Å². The molecule has 1 amide bonds. The molecule has 1 aliphatic carbocycles. The monoisotopic (exact) mass is 377 g/mol. The van der Waals surface area contributed by atoms with Gasteiger partial charge in [0.15, 0.2) is 0 Å². The van der Waals surface area contributed by atoms with Gasteiger partial charge in [0.05, 0.1) is 17.8 Å². The van der Waals surface area contributed by atoms with Crippen LogP contribution >= 0.6 is 39.1 Å². The van der Waals surface area contributed by atoms with Crippen LogP contribution in [0.3, 0.4) is 0 Å². The molecular formula is C12H10BrCl2N3O2. The summed E-state index contributed by atoms with van der Waals surface area (Å²) in [4.78, 5) is 19.9. The van der Waals surface area contributed by atoms with E-state index in [0.717, 1.165) is 17.3 Å². The van der Waals surface area contributed by atoms with Gasteiger partial charge in [-0.15, -0.1) is 0 Å². The highest BCUT2D eigenvalue weighted by Crippen LogP contribution is 2.30. The van der Waals surface area contributed by atoms with E-state index in [1.807, 2.05) is 6.08 Å². The van der Waals surface area contributed by atoms with E-state index in [1.54, 1.807) is 0 Å². The lowest BCUT2D eigenvalue weighted by molar-refractivity contribution is 0.0962. The molecule has 106 valence electrons. The molecule has 0 unspecified atom stereocenters. The largest absolute Gasteiger partial charge is 0.480 e. The minimum absolute atomic E-state index is 0.00870. The van der Waals surface area contributed by atoms with E-state index in [0.29, 0.717) is 10.7 Å². The van der Waals surface area contributed by atoms with E-state index in [1.165, 1.54) is 13.3 Å². The number of allylic oxidation sites excluding steroid dienone is 3. The van der Waals surface area contributed by atoms with Crippen LogP contribution in [0, 0.1) is 0 Å². The standard InChI is InChI=1S/C12H10BrCl2N3O2/c1-20-11-6(5-16-12(15)18-11)10(19)17-9-7(13)3-2-4-8(9)14/h4-5H,2-3H2,1H3,(H,17,19). The second-order valence-corrected chi connectivity index (χ2v) is 5.59. The molecule has 0 radical (unpaired) electrons. The van der Waals surface area contributed by atoms with Crippen molar-refractivity contribution < 1.29 is 9.53 Å². The number of amides is 1. The first-order valence-electron chi connectivity index (χ1n) is 5.65. The first kappa shape index (κ1) is 15.3. The number of hydrogen-bond donors (Lipinski definition) is 1. The van der Waals surface area contributed by atoms with Gasteiger partial charge >= 0.3 is 0 Å². The van der Waals surface area contributed by atoms with Crippen LogP contribution in [0.4, 0.5) is 0 Å². The quantitative estimate of drug-likeness (QED) is 0.818. The third-order valence-electron chi connectivity index (χ3n) is 2.60. The molecule has 0 atom stereocenters. The van der Waals surface area contributed by atoms with Gasteiger partial charge in [-0.1, -0.05) is 33.6 Å². The molecule has 1 aromatic rings. The van der Waals surface area contributed by atoms with Crippen LogP contribution in [0.25, 0.3) is 0 Å². The average molecular weight is 379 g/mol. The smallest absolute Gasteiger partial charge is 0.262 e. The number of aromatic nitrogens is 2. The number of hydrogen-bond acceptors (Lipinski definition) is 4. The Morgan fingerprint density at radius 3 is 2.90 bits per heavy atom. The maximum absolute atomic E-state index is 12.2. The van der Waals surface area contributed by atoms with Crippen molar-refractivity contribution in [3.05, 3.63) is 38.3 Å². The Morgan fingerprint density at radius 1 is 1.50 bits per heavy atom. The highest BCUT2D eigenvalue weighted by molar-refractivity contribution is 9.11. The molecular weight excluding hydrogens is 369 g/mol. The van der Waals surface area contributed by atoms with Crippen molar-refractivity contribution in [3.8, 4) is 5.88 Å². The van der Waals surface area contributed by atoms with E-state index in [9.17, 15) is 4.79 Å². The summed E-state index contributed by atoms with van der Waals surface area (Å²) in [6.07, 6.45) is 4.75. The number of nitrogens with one attached hydrogen (secondary N) is 1. The Labute approximate surface area is 134 Å². The van der Waals surface area contributed by atoms with Crippen molar-refractivity contribution in [1.82, 2.24) is 15.3 Å². The lowest BCUT2D eigenvalue weighted by atomic mass is 10.1. The minimum atomic E-state index is -0.418. The summed E-state index contributed by atoms with van der Waals surface area (Å²) in [5, 5.41) is 3.22. The molecule has 8 heteroatoms. The van der Waals surface area contributed by atoms with Crippen LogP contribution in [0.15, 0.2) is 27.5 Å². The summed E-state index contributed by atoms with van der Waals surface area (Å²) in [6, 6.07) is 0. The lowest BCUT2D eigenvalue weighted by Gasteiger charge is -2.16. The summed E-state index contributed by atoms with van der Waals surface area (Å²) in [5.74, 6) is -0.311. The van der Waals surface area contributed by atoms with Crippen LogP contribution < -0.4 is 10.1 Å². The first-order chi connectivity index (χ1) is 9.52. The molecule has 1 aromatic heterocycles. The normalized spacial score (nSPS) is 14.9. The highest BCUT2D eigenvalue weighted by atomic mass is 79.9. The SMILES string of the molecule is COc1nc(Cl)ncc1C(=O)NC1=C(Br)CCC=C1Cl. The van der Waals surface area contributed by atoms with E-state index in [2.05, 4.69) is 31.2 Å². The third kappa shape index (κ3) is 3.31. The zero-order valence-electron chi connectivity index (χ0n) is 10.4. The Kier molecular flexibility index (Phi) is 5.01. The Balaban J connectivity index is 2.27. The Morgan fingerprint density at radius 2 is 2.25 bits per heavy atom. The van der Waals surface area contributed by atoms with E-state index < -0.39 is 5.91 Å². The van der Waals surface area contributed by atoms with Gasteiger partial charge in [-0.05, 0) is 24.4 Å². The van der Waals surface area contributed by atoms with Crippen molar-refractivity contribution in [3.63, 3.8) is 0 Å². The van der Waals surface area contributed by atoms with Gasteiger partial charge in [0, 0.05) is 10.7 Å². The molecule has 0 spiro atoms. The maximum Gasteiger partial charge on any atom is 0.262 e. The van der Waals surface area contributed by atoms with Crippen LogP contribution in [-0.2, 0) is 0 Å². The number of carbonyl (C=O) groups is 1. The fraction of sp³-hybridized carbons (Fsp3) is 0.250. The van der Waals surface area contributed by atoms with E-state index in [4.69, 9.17) is 27.9 Å². The number of methoxy groups -OCH3 is 1. The summed E-state index contributed by atoms with van der Waals surface area (Å²) in [7, 11) is 1.40. The van der Waals surface area contributed by atoms with Gasteiger partial charge in [-0.3, -0.25) is 4.79 Å². The van der Waals surface area contributed by atoms with E-state index >= 15 is 0 Å². The molecule has 0 saturated heterocycles. The number of carbonyl (C=O) groups excluding carboxylic acids is 1. The maximum atomic E-state index is 12.2. The zero-order valence-corrected chi connectivity index (χ0v) is 13.5. The van der Waals surface area contributed by atoms with Crippen molar-refractivity contribution in [2.24, 2.45) is 0 Å². The fourth-order valence-corrected chi connectivity index (χ4v) is 2.70. The predicted octanol–water partition coefficient (Wildman–Crippen LogP) is 3.39. The van der Waals surface area contributed by atoms with Crippen molar-refractivity contribution in [2.45, 2.75) is 12.8 Å². The second-order valence-electron chi connectivity index (χ2n) is 3.89. The summed E-state index contributed by atoms with van der Waals surface area (Å²) >= 11 is 15.1. The van der Waals surface area contributed by atoms with Crippen LogP contribution in [0.1, 0.15) is 23.2 Å². The summed E-state index contributed by atoms with van der Waals surface area (Å²) in [5.41, 5.74) is 0.722. The van der Waals surface area contributed by atoms with Crippen LogP contribution in [0.5, 0.6) is 5.88 Å². The molecule has 0 saturated carbocycles. The second kappa shape index (κ2) is 6.56. The molecule has 1 heterocycles. The fourth-order valence-electron chi connectivity index (χ4n) is 1.65. The van der Waals surface area contributed by atoms with Gasteiger partial charge in [-0.2, -0.15) is 4.98 Å². The average Bonchev–Trinajstić information content (AvgIpc) is 2.42. The summed E-state index contributed by atoms with van der Waals surface area (Å²) in [6.45, 7) is 0. The molecule has 1 aliphatic rings. The number of nitrogens with zero attached hydrogens (tertiary/aromatic N) is 2. The molecule has 20 heavy (non-hydrogen) atoms. The Bertz CT molecular complexity index is 617. The van der Waals surface area contributed by atoms with Crippen molar-refractivity contribution in [2.75, 3.05) is 7.11 Å². The first-order valence-corrected chi connectivity index (χ1v) is 7.20. The van der Waals surface area contributed by atoms with Gasteiger partial charge in [0.25, 0.3) is 5.91 Å². The molecule has 1 N–H and O–H groups in total. The predicted molar refractivity (Wildman–Crippen MR) is 80.2 cm³/mol. The molecule has 5 nitrogen and oxygen atoms in total. The molecule has 0 aliphatic heterocycles. The van der Waals surface area contributed by atoms with Gasteiger partial charge in [0.2, 0.25) is 11.2 Å². The zero-order chi connectivity index (χ0) is 14.7. The van der Waals surface area contributed by atoms with E-state index in [-0.39, 0.29) is 16.7 Å². The number of halogens is 3.